The number of nitrogens with zero attached hydrogens (tertiary/aromatic N) is 6. The number of piperazine rings is 1. The molecule has 0 bridgehead atoms. The van der Waals surface area contributed by atoms with Gasteiger partial charge < -0.3 is 0 Å². The van der Waals surface area contributed by atoms with Gasteiger partial charge >= 0.3 is 0 Å². The van der Waals surface area contributed by atoms with Crippen LogP contribution in [0.15, 0.2) is 47.6 Å². The highest BCUT2D eigenvalue weighted by atomic mass is 32.2. The van der Waals surface area contributed by atoms with E-state index in [-0.39, 0.29) is 13.1 Å². The average molecular weight is 493 g/mol. The third-order valence-electron chi connectivity index (χ3n) is 5.90. The Hall–Kier alpha value is -2.54. The van der Waals surface area contributed by atoms with Gasteiger partial charge in [0, 0.05) is 50.2 Å². The fourth-order valence-corrected chi connectivity index (χ4v) is 5.90. The van der Waals surface area contributed by atoms with Crippen LogP contribution in [0.25, 0.3) is 11.4 Å². The quantitative estimate of drug-likeness (QED) is 0.493. The van der Waals surface area contributed by atoms with E-state index >= 15 is 0 Å². The molecule has 2 aromatic heterocycles. The SMILES string of the molecule is O=S(=O)(c1c(F)cccc1F)N1CCN(Cn2nc(-c3ccncc3)n(C3CC3)c2=S)CC1. The van der Waals surface area contributed by atoms with Crippen LogP contribution in [0.5, 0.6) is 0 Å². The van der Waals surface area contributed by atoms with Crippen LogP contribution in [0, 0.1) is 16.4 Å². The molecule has 2 aliphatic rings. The molecule has 3 heterocycles. The molecule has 5 rings (SSSR count). The van der Waals surface area contributed by atoms with Crippen molar-refractivity contribution >= 4 is 22.2 Å². The van der Waals surface area contributed by atoms with E-state index in [9.17, 15) is 17.2 Å². The standard InChI is InChI=1S/C21H22F2N6O2S2/c22-17-2-1-3-18(23)19(17)33(30,31)27-12-10-26(11-13-27)14-28-21(32)29(16-4-5-16)20(25-28)15-6-8-24-9-7-15/h1-3,6-9,16H,4-5,10-14H2. The second-order valence-corrected chi connectivity index (χ2v) is 10.4. The molecule has 1 saturated heterocycles. The minimum absolute atomic E-state index is 0.115. The van der Waals surface area contributed by atoms with Gasteiger partial charge in [-0.3, -0.25) is 14.5 Å². The van der Waals surface area contributed by atoms with E-state index in [1.807, 2.05) is 17.0 Å². The summed E-state index contributed by atoms with van der Waals surface area (Å²) in [6.07, 6.45) is 5.54. The Kier molecular flexibility index (Phi) is 5.85. The van der Waals surface area contributed by atoms with Gasteiger partial charge in [0.1, 0.15) is 11.6 Å². The minimum Gasteiger partial charge on any atom is -0.297 e. The van der Waals surface area contributed by atoms with Gasteiger partial charge in [0.25, 0.3) is 0 Å². The highest BCUT2D eigenvalue weighted by Gasteiger charge is 2.34. The van der Waals surface area contributed by atoms with Crippen LogP contribution in [-0.4, -0.2) is 63.1 Å². The van der Waals surface area contributed by atoms with Gasteiger partial charge in [0.15, 0.2) is 15.5 Å². The molecule has 33 heavy (non-hydrogen) atoms. The molecule has 0 spiro atoms. The third kappa shape index (κ3) is 4.23. The lowest BCUT2D eigenvalue weighted by molar-refractivity contribution is 0.144. The van der Waals surface area contributed by atoms with Crippen molar-refractivity contribution in [1.82, 2.24) is 28.5 Å². The lowest BCUT2D eigenvalue weighted by Crippen LogP contribution is -2.49. The average Bonchev–Trinajstić information content (AvgIpc) is 3.58. The van der Waals surface area contributed by atoms with Crippen LogP contribution in [0.2, 0.25) is 0 Å². The highest BCUT2D eigenvalue weighted by molar-refractivity contribution is 7.89. The maximum Gasteiger partial charge on any atom is 0.249 e. The number of halogens is 2. The summed E-state index contributed by atoms with van der Waals surface area (Å²) >= 11 is 5.70. The normalized spacial score (nSPS) is 18.0. The number of rotatable bonds is 6. The van der Waals surface area contributed by atoms with Crippen LogP contribution in [-0.2, 0) is 16.7 Å². The van der Waals surface area contributed by atoms with E-state index in [0.29, 0.717) is 30.6 Å². The summed E-state index contributed by atoms with van der Waals surface area (Å²) < 4.78 is 59.4. The number of hydrogen-bond donors (Lipinski definition) is 0. The Morgan fingerprint density at radius 2 is 1.64 bits per heavy atom. The summed E-state index contributed by atoms with van der Waals surface area (Å²) in [5.74, 6) is -1.38. The largest absolute Gasteiger partial charge is 0.297 e. The molecule has 1 aliphatic heterocycles. The molecule has 0 N–H and O–H groups in total. The van der Waals surface area contributed by atoms with Crippen LogP contribution < -0.4 is 0 Å². The van der Waals surface area contributed by atoms with Crippen molar-refractivity contribution in [3.8, 4) is 11.4 Å². The number of pyridine rings is 1. The topological polar surface area (TPSA) is 76.3 Å². The van der Waals surface area contributed by atoms with Gasteiger partial charge in [-0.2, -0.15) is 9.40 Å². The number of benzene rings is 1. The molecule has 0 unspecified atom stereocenters. The molecule has 2 fully saturated rings. The summed E-state index contributed by atoms with van der Waals surface area (Å²) in [5, 5.41) is 4.75. The third-order valence-corrected chi connectivity index (χ3v) is 8.26. The van der Waals surface area contributed by atoms with E-state index in [2.05, 4.69) is 9.55 Å². The van der Waals surface area contributed by atoms with Crippen molar-refractivity contribution in [3.05, 3.63) is 59.1 Å². The van der Waals surface area contributed by atoms with Crippen LogP contribution in [0.3, 0.4) is 0 Å². The van der Waals surface area contributed by atoms with Gasteiger partial charge in [-0.05, 0) is 49.3 Å². The molecule has 1 aromatic carbocycles. The lowest BCUT2D eigenvalue weighted by Gasteiger charge is -2.33. The van der Waals surface area contributed by atoms with Crippen molar-refractivity contribution in [2.24, 2.45) is 0 Å². The van der Waals surface area contributed by atoms with Crippen molar-refractivity contribution in [1.29, 1.82) is 0 Å². The molecule has 0 atom stereocenters. The van der Waals surface area contributed by atoms with E-state index in [4.69, 9.17) is 17.3 Å². The van der Waals surface area contributed by atoms with E-state index < -0.39 is 26.6 Å². The summed E-state index contributed by atoms with van der Waals surface area (Å²) in [6.45, 7) is 1.41. The minimum atomic E-state index is -4.27. The summed E-state index contributed by atoms with van der Waals surface area (Å²) in [4.78, 5) is 5.20. The van der Waals surface area contributed by atoms with Crippen molar-refractivity contribution in [2.45, 2.75) is 30.4 Å². The first-order chi connectivity index (χ1) is 15.9. The first-order valence-corrected chi connectivity index (χ1v) is 12.5. The molecule has 1 aliphatic carbocycles. The molecule has 174 valence electrons. The monoisotopic (exact) mass is 492 g/mol. The summed E-state index contributed by atoms with van der Waals surface area (Å²) in [6, 6.07) is 7.17. The van der Waals surface area contributed by atoms with E-state index in [1.165, 1.54) is 0 Å². The first kappa shape index (κ1) is 22.3. The van der Waals surface area contributed by atoms with Gasteiger partial charge in [-0.25, -0.2) is 21.9 Å². The maximum absolute atomic E-state index is 14.1. The molecular formula is C21H22F2N6O2S2. The Morgan fingerprint density at radius 1 is 1.00 bits per heavy atom. The molecule has 8 nitrogen and oxygen atoms in total. The summed E-state index contributed by atoms with van der Waals surface area (Å²) in [5.41, 5.74) is 0.935. The Bertz CT molecular complexity index is 1310. The van der Waals surface area contributed by atoms with E-state index in [1.54, 1.807) is 17.1 Å². The number of sulfonamides is 1. The number of aromatic nitrogens is 4. The predicted octanol–water partition coefficient (Wildman–Crippen LogP) is 3.05. The smallest absolute Gasteiger partial charge is 0.249 e. The molecule has 12 heteroatoms. The fourth-order valence-electron chi connectivity index (χ4n) is 4.03. The highest BCUT2D eigenvalue weighted by Crippen LogP contribution is 2.38. The Labute approximate surface area is 195 Å². The van der Waals surface area contributed by atoms with Gasteiger partial charge in [0.2, 0.25) is 10.0 Å². The van der Waals surface area contributed by atoms with Gasteiger partial charge in [-0.15, -0.1) is 0 Å². The van der Waals surface area contributed by atoms with Crippen LogP contribution in [0.4, 0.5) is 8.78 Å². The Balaban J connectivity index is 1.33. The molecule has 0 amide bonds. The van der Waals surface area contributed by atoms with Crippen LogP contribution >= 0.6 is 12.2 Å². The van der Waals surface area contributed by atoms with Gasteiger partial charge in [-0.1, -0.05) is 6.07 Å². The van der Waals surface area contributed by atoms with Crippen molar-refractivity contribution < 1.29 is 17.2 Å². The maximum atomic E-state index is 14.1. The second-order valence-electron chi connectivity index (χ2n) is 8.16. The predicted molar refractivity (Wildman–Crippen MR) is 119 cm³/mol. The first-order valence-electron chi connectivity index (χ1n) is 10.6. The second kappa shape index (κ2) is 8.67. The lowest BCUT2D eigenvalue weighted by atomic mass is 10.2. The van der Waals surface area contributed by atoms with Crippen LogP contribution in [0.1, 0.15) is 18.9 Å². The van der Waals surface area contributed by atoms with E-state index in [0.717, 1.165) is 46.7 Å². The van der Waals surface area contributed by atoms with Crippen molar-refractivity contribution in [2.75, 3.05) is 26.2 Å². The molecule has 1 saturated carbocycles. The fraction of sp³-hybridized carbons (Fsp3) is 0.381. The zero-order chi connectivity index (χ0) is 23.2. The number of hydrogen-bond acceptors (Lipinski definition) is 6. The molecule has 3 aromatic rings. The molecular weight excluding hydrogens is 470 g/mol. The summed E-state index contributed by atoms with van der Waals surface area (Å²) in [7, 11) is -4.27. The van der Waals surface area contributed by atoms with Crippen molar-refractivity contribution in [3.63, 3.8) is 0 Å². The Morgan fingerprint density at radius 3 is 2.24 bits per heavy atom. The zero-order valence-electron chi connectivity index (χ0n) is 17.6. The zero-order valence-corrected chi connectivity index (χ0v) is 19.3. The molecule has 0 radical (unpaired) electrons. The van der Waals surface area contributed by atoms with Gasteiger partial charge in [0.05, 0.1) is 6.67 Å².